The minimum Gasteiger partial charge on any atom is -0.494 e. The minimum absolute atomic E-state index is 0.0105. The Morgan fingerprint density at radius 2 is 1.68 bits per heavy atom. The van der Waals surface area contributed by atoms with Gasteiger partial charge < -0.3 is 14.4 Å². The van der Waals surface area contributed by atoms with Crippen molar-refractivity contribution in [2.24, 2.45) is 0 Å². The molecule has 0 aromatic heterocycles. The van der Waals surface area contributed by atoms with Crippen LogP contribution in [0.2, 0.25) is 0 Å². The molecule has 3 rings (SSSR count). The Kier molecular flexibility index (Phi) is 8.29. The number of hydrogen-bond acceptors (Lipinski definition) is 5. The highest BCUT2D eigenvalue weighted by atomic mass is 32.2. The van der Waals surface area contributed by atoms with Crippen LogP contribution in [0.4, 0.5) is 0 Å². The maximum atomic E-state index is 13.5. The number of nitrogens with zero attached hydrogens (tertiary/aromatic N) is 1. The van der Waals surface area contributed by atoms with Gasteiger partial charge in [-0.05, 0) is 60.6 Å². The summed E-state index contributed by atoms with van der Waals surface area (Å²) in [6.07, 6.45) is 0.631. The second-order valence-corrected chi connectivity index (χ2v) is 12.3. The van der Waals surface area contributed by atoms with Crippen molar-refractivity contribution in [3.63, 3.8) is 0 Å². The lowest BCUT2D eigenvalue weighted by atomic mass is 9.87. The van der Waals surface area contributed by atoms with Crippen molar-refractivity contribution in [1.82, 2.24) is 4.90 Å². The van der Waals surface area contributed by atoms with E-state index < -0.39 is 15.9 Å². The molecule has 1 aliphatic rings. The monoisotopic (exact) mass is 487 g/mol. The number of amides is 1. The molecule has 1 fully saturated rings. The van der Waals surface area contributed by atoms with Crippen LogP contribution in [0.25, 0.3) is 0 Å². The van der Waals surface area contributed by atoms with Crippen LogP contribution in [-0.2, 0) is 26.6 Å². The van der Waals surface area contributed by atoms with Crippen molar-refractivity contribution in [2.45, 2.75) is 71.6 Å². The number of carbonyl (C=O) groups excluding carboxylic acids is 1. The zero-order valence-electron chi connectivity index (χ0n) is 20.9. The van der Waals surface area contributed by atoms with E-state index in [0.717, 1.165) is 17.7 Å². The quantitative estimate of drug-likeness (QED) is 0.510. The molecule has 0 spiro atoms. The van der Waals surface area contributed by atoms with Crippen LogP contribution in [0.15, 0.2) is 48.5 Å². The molecule has 1 amide bonds. The largest absolute Gasteiger partial charge is 0.494 e. The zero-order valence-corrected chi connectivity index (χ0v) is 21.7. The van der Waals surface area contributed by atoms with Crippen molar-refractivity contribution in [1.29, 1.82) is 0 Å². The Labute approximate surface area is 204 Å². The third-order valence-electron chi connectivity index (χ3n) is 6.06. The van der Waals surface area contributed by atoms with E-state index >= 15 is 0 Å². The normalized spacial score (nSPS) is 18.3. The summed E-state index contributed by atoms with van der Waals surface area (Å²) in [4.78, 5) is 15.1. The zero-order chi connectivity index (χ0) is 24.9. The highest BCUT2D eigenvalue weighted by Crippen LogP contribution is 2.26. The third-order valence-corrected chi connectivity index (χ3v) is 7.81. The Morgan fingerprint density at radius 1 is 1.06 bits per heavy atom. The van der Waals surface area contributed by atoms with Gasteiger partial charge in [0.15, 0.2) is 15.9 Å². The molecule has 2 atom stereocenters. The highest BCUT2D eigenvalue weighted by Gasteiger charge is 2.36. The molecule has 2 unspecified atom stereocenters. The Bertz CT molecular complexity index is 1060. The molecule has 0 radical (unpaired) electrons. The molecule has 7 heteroatoms. The number of ether oxygens (including phenoxy) is 2. The molecule has 6 nitrogen and oxygen atoms in total. The fraction of sp³-hybridized carbons (Fsp3) is 0.519. The molecular weight excluding hydrogens is 450 g/mol. The van der Waals surface area contributed by atoms with Crippen LogP contribution < -0.4 is 9.47 Å². The predicted octanol–water partition coefficient (Wildman–Crippen LogP) is 4.76. The molecule has 1 saturated heterocycles. The van der Waals surface area contributed by atoms with Gasteiger partial charge in [-0.2, -0.15) is 0 Å². The second kappa shape index (κ2) is 10.8. The Hall–Kier alpha value is -2.54. The van der Waals surface area contributed by atoms with Gasteiger partial charge in [0.05, 0.1) is 18.1 Å². The number of carbonyl (C=O) groups is 1. The maximum Gasteiger partial charge on any atom is 0.263 e. The van der Waals surface area contributed by atoms with Crippen LogP contribution in [0, 0.1) is 0 Å². The maximum absolute atomic E-state index is 13.5. The molecule has 1 heterocycles. The first-order valence-corrected chi connectivity index (χ1v) is 13.8. The molecule has 186 valence electrons. The fourth-order valence-electron chi connectivity index (χ4n) is 4.04. The lowest BCUT2D eigenvalue weighted by Gasteiger charge is -2.31. The number of sulfone groups is 1. The van der Waals surface area contributed by atoms with E-state index in [9.17, 15) is 13.2 Å². The van der Waals surface area contributed by atoms with E-state index in [1.165, 1.54) is 5.56 Å². The summed E-state index contributed by atoms with van der Waals surface area (Å²) in [5.41, 5.74) is 2.13. The van der Waals surface area contributed by atoms with Gasteiger partial charge in [-0.15, -0.1) is 0 Å². The standard InChI is InChI=1S/C27H37NO5S/c1-6-16-32-24-11-7-21(8-12-24)18-28(23-15-17-34(30,31)19-23)26(29)20(2)33-25-13-9-22(10-14-25)27(3,4)5/h7-14,20,23H,6,15-19H2,1-5H3. The molecular formula is C27H37NO5S. The van der Waals surface area contributed by atoms with Crippen molar-refractivity contribution in [3.05, 3.63) is 59.7 Å². The van der Waals surface area contributed by atoms with Crippen molar-refractivity contribution >= 4 is 15.7 Å². The van der Waals surface area contributed by atoms with Gasteiger partial charge in [0.1, 0.15) is 11.5 Å². The lowest BCUT2D eigenvalue weighted by molar-refractivity contribution is -0.140. The number of benzene rings is 2. The molecule has 0 N–H and O–H groups in total. The number of rotatable bonds is 9. The summed E-state index contributed by atoms with van der Waals surface area (Å²) in [5, 5.41) is 0. The Morgan fingerprint density at radius 3 is 2.21 bits per heavy atom. The first-order chi connectivity index (χ1) is 16.0. The van der Waals surface area contributed by atoms with Crippen molar-refractivity contribution < 1.29 is 22.7 Å². The molecule has 0 aliphatic carbocycles. The van der Waals surface area contributed by atoms with E-state index in [1.54, 1.807) is 11.8 Å². The van der Waals surface area contributed by atoms with Crippen LogP contribution in [0.3, 0.4) is 0 Å². The van der Waals surface area contributed by atoms with Gasteiger partial charge in [0, 0.05) is 12.6 Å². The Balaban J connectivity index is 1.75. The van der Waals surface area contributed by atoms with Crippen LogP contribution in [0.1, 0.15) is 58.6 Å². The fourth-order valence-corrected chi connectivity index (χ4v) is 5.77. The van der Waals surface area contributed by atoms with E-state index in [-0.39, 0.29) is 28.9 Å². The summed E-state index contributed by atoms with van der Waals surface area (Å²) in [7, 11) is -3.14. The predicted molar refractivity (Wildman–Crippen MR) is 135 cm³/mol. The molecule has 2 aromatic carbocycles. The highest BCUT2D eigenvalue weighted by molar-refractivity contribution is 7.91. The van der Waals surface area contributed by atoms with Crippen LogP contribution >= 0.6 is 0 Å². The molecule has 0 saturated carbocycles. The first-order valence-electron chi connectivity index (χ1n) is 12.0. The second-order valence-electron chi connectivity index (χ2n) is 10.0. The van der Waals surface area contributed by atoms with Gasteiger partial charge in [-0.3, -0.25) is 4.79 Å². The third kappa shape index (κ3) is 6.98. The van der Waals surface area contributed by atoms with Crippen LogP contribution in [0.5, 0.6) is 11.5 Å². The van der Waals surface area contributed by atoms with Crippen molar-refractivity contribution in [2.75, 3.05) is 18.1 Å². The van der Waals surface area contributed by atoms with Crippen LogP contribution in [-0.4, -0.2) is 49.5 Å². The van der Waals surface area contributed by atoms with Gasteiger partial charge in [-0.1, -0.05) is 52.0 Å². The smallest absolute Gasteiger partial charge is 0.263 e. The molecule has 34 heavy (non-hydrogen) atoms. The van der Waals surface area contributed by atoms with Gasteiger partial charge >= 0.3 is 0 Å². The topological polar surface area (TPSA) is 72.9 Å². The first kappa shape index (κ1) is 26.1. The summed E-state index contributed by atoms with van der Waals surface area (Å²) in [6, 6.07) is 15.0. The molecule has 2 aromatic rings. The van der Waals surface area contributed by atoms with Gasteiger partial charge in [0.2, 0.25) is 0 Å². The average Bonchev–Trinajstić information content (AvgIpc) is 3.15. The average molecular weight is 488 g/mol. The summed E-state index contributed by atoms with van der Waals surface area (Å²) < 4.78 is 35.9. The lowest BCUT2D eigenvalue weighted by Crippen LogP contribution is -2.46. The summed E-state index contributed by atoms with van der Waals surface area (Å²) >= 11 is 0. The van der Waals surface area contributed by atoms with E-state index in [4.69, 9.17) is 9.47 Å². The summed E-state index contributed by atoms with van der Waals surface area (Å²) in [5.74, 6) is 1.28. The minimum atomic E-state index is -3.14. The van der Waals surface area contributed by atoms with Crippen molar-refractivity contribution in [3.8, 4) is 11.5 Å². The molecule has 0 bridgehead atoms. The van der Waals surface area contributed by atoms with Gasteiger partial charge in [-0.25, -0.2) is 8.42 Å². The number of hydrogen-bond donors (Lipinski definition) is 0. The van der Waals surface area contributed by atoms with Gasteiger partial charge in [0.25, 0.3) is 5.91 Å². The van der Waals surface area contributed by atoms with E-state index in [2.05, 4.69) is 27.7 Å². The summed E-state index contributed by atoms with van der Waals surface area (Å²) in [6.45, 7) is 11.2. The van der Waals surface area contributed by atoms with E-state index in [0.29, 0.717) is 25.3 Å². The molecule has 1 aliphatic heterocycles. The van der Waals surface area contributed by atoms with E-state index in [1.807, 2.05) is 48.5 Å². The SMILES string of the molecule is CCCOc1ccc(CN(C(=O)C(C)Oc2ccc(C(C)(C)C)cc2)C2CCS(=O)(=O)C2)cc1.